The first kappa shape index (κ1) is 14.1. The van der Waals surface area contributed by atoms with E-state index in [4.69, 9.17) is 10.5 Å². The molecule has 0 saturated carbocycles. The molecule has 0 spiro atoms. The minimum atomic E-state index is -0.846. The van der Waals surface area contributed by atoms with Crippen molar-refractivity contribution in [3.05, 3.63) is 0 Å². The van der Waals surface area contributed by atoms with Gasteiger partial charge in [0.05, 0.1) is 16.5 Å². The van der Waals surface area contributed by atoms with E-state index in [2.05, 4.69) is 13.8 Å². The fourth-order valence-corrected chi connectivity index (χ4v) is 4.58. The molecular formula is C12H25NO2S. The van der Waals surface area contributed by atoms with Crippen molar-refractivity contribution in [1.29, 1.82) is 0 Å². The van der Waals surface area contributed by atoms with E-state index in [0.717, 1.165) is 6.42 Å². The Bertz CT molecular complexity index is 276. The van der Waals surface area contributed by atoms with Crippen molar-refractivity contribution in [1.82, 2.24) is 0 Å². The highest BCUT2D eigenvalue weighted by Gasteiger charge is 2.48. The minimum absolute atomic E-state index is 0.122. The Kier molecular flexibility index (Phi) is 4.19. The lowest BCUT2D eigenvalue weighted by atomic mass is 10.0. The van der Waals surface area contributed by atoms with Gasteiger partial charge in [0.25, 0.3) is 0 Å². The Hall–Kier alpha value is 0.0700. The summed E-state index contributed by atoms with van der Waals surface area (Å²) < 4.78 is 18.3. The Morgan fingerprint density at radius 3 is 2.38 bits per heavy atom. The van der Waals surface area contributed by atoms with E-state index in [1.165, 1.54) is 0 Å². The second-order valence-corrected chi connectivity index (χ2v) is 7.71. The van der Waals surface area contributed by atoms with Gasteiger partial charge in [0.2, 0.25) is 0 Å². The summed E-state index contributed by atoms with van der Waals surface area (Å²) in [6, 6.07) is 0. The second-order valence-electron chi connectivity index (χ2n) is 6.05. The lowest BCUT2D eigenvalue weighted by molar-refractivity contribution is -0.0633. The highest BCUT2D eigenvalue weighted by molar-refractivity contribution is 7.85. The van der Waals surface area contributed by atoms with Gasteiger partial charge in [-0.25, -0.2) is 0 Å². The van der Waals surface area contributed by atoms with E-state index in [9.17, 15) is 4.21 Å². The van der Waals surface area contributed by atoms with Crippen LogP contribution in [0.4, 0.5) is 0 Å². The Balaban J connectivity index is 2.70. The molecule has 4 heteroatoms. The van der Waals surface area contributed by atoms with Crippen molar-refractivity contribution < 1.29 is 8.95 Å². The molecule has 2 N–H and O–H groups in total. The molecule has 96 valence electrons. The van der Waals surface area contributed by atoms with Gasteiger partial charge in [-0.15, -0.1) is 0 Å². The first-order valence-electron chi connectivity index (χ1n) is 5.95. The molecule has 1 saturated heterocycles. The smallest absolute Gasteiger partial charge is 0.0777 e. The highest BCUT2D eigenvalue weighted by Crippen LogP contribution is 2.40. The fraction of sp³-hybridized carbons (Fsp3) is 1.00. The molecule has 3 nitrogen and oxygen atoms in total. The van der Waals surface area contributed by atoms with E-state index < -0.39 is 10.8 Å². The van der Waals surface area contributed by atoms with Gasteiger partial charge >= 0.3 is 0 Å². The predicted molar refractivity (Wildman–Crippen MR) is 68.9 cm³/mol. The number of ether oxygens (including phenoxy) is 1. The number of hydrogen-bond acceptors (Lipinski definition) is 3. The molecule has 1 aliphatic heterocycles. The van der Waals surface area contributed by atoms with E-state index in [0.29, 0.717) is 18.2 Å². The molecule has 0 aromatic rings. The summed E-state index contributed by atoms with van der Waals surface area (Å²) in [5.41, 5.74) is 5.13. The standard InChI is InChI=1S/C12H25NO2S/c1-9(7-13)8-16(14)10-6-11(2,3)15-12(10,4)5/h9-10H,6-8,13H2,1-5H3. The predicted octanol–water partition coefficient (Wildman–Crippen LogP) is 1.68. The molecule has 3 unspecified atom stereocenters. The molecule has 0 aliphatic carbocycles. The van der Waals surface area contributed by atoms with Crippen LogP contribution in [0.15, 0.2) is 0 Å². The van der Waals surface area contributed by atoms with E-state index >= 15 is 0 Å². The Morgan fingerprint density at radius 2 is 2.00 bits per heavy atom. The normalized spacial score (nSPS) is 31.2. The van der Waals surface area contributed by atoms with Crippen LogP contribution in [-0.2, 0) is 15.5 Å². The van der Waals surface area contributed by atoms with Crippen LogP contribution in [0.5, 0.6) is 0 Å². The lowest BCUT2D eigenvalue weighted by Crippen LogP contribution is -2.38. The van der Waals surface area contributed by atoms with Crippen molar-refractivity contribution >= 4 is 10.8 Å². The minimum Gasteiger partial charge on any atom is -0.368 e. The Morgan fingerprint density at radius 1 is 1.44 bits per heavy atom. The zero-order valence-electron chi connectivity index (χ0n) is 11.1. The highest BCUT2D eigenvalue weighted by atomic mass is 32.2. The summed E-state index contributed by atoms with van der Waals surface area (Å²) in [4.78, 5) is 0. The average Bonchev–Trinajstić information content (AvgIpc) is 2.34. The molecule has 0 aromatic heterocycles. The van der Waals surface area contributed by atoms with Gasteiger partial charge in [0.15, 0.2) is 0 Å². The van der Waals surface area contributed by atoms with Gasteiger partial charge in [0.1, 0.15) is 0 Å². The molecule has 1 aliphatic rings. The first-order valence-corrected chi connectivity index (χ1v) is 7.33. The van der Waals surface area contributed by atoms with Crippen LogP contribution in [0, 0.1) is 5.92 Å². The molecule has 1 rings (SSSR count). The molecule has 0 bridgehead atoms. The third-order valence-electron chi connectivity index (χ3n) is 3.16. The molecular weight excluding hydrogens is 222 g/mol. The van der Waals surface area contributed by atoms with Crippen LogP contribution in [0.25, 0.3) is 0 Å². The molecule has 3 atom stereocenters. The third-order valence-corrected chi connectivity index (χ3v) is 5.43. The van der Waals surface area contributed by atoms with Crippen LogP contribution < -0.4 is 5.73 Å². The maximum absolute atomic E-state index is 12.3. The van der Waals surface area contributed by atoms with Gasteiger partial charge in [-0.1, -0.05) is 6.92 Å². The van der Waals surface area contributed by atoms with E-state index in [-0.39, 0.29) is 16.5 Å². The molecule has 1 heterocycles. The topological polar surface area (TPSA) is 52.3 Å². The number of hydrogen-bond donors (Lipinski definition) is 1. The summed E-state index contributed by atoms with van der Waals surface area (Å²) in [7, 11) is -0.846. The largest absolute Gasteiger partial charge is 0.368 e. The van der Waals surface area contributed by atoms with Crippen LogP contribution in [0.3, 0.4) is 0 Å². The van der Waals surface area contributed by atoms with E-state index in [1.54, 1.807) is 0 Å². The fourth-order valence-electron chi connectivity index (χ4n) is 2.39. The maximum atomic E-state index is 12.3. The summed E-state index contributed by atoms with van der Waals surface area (Å²) in [6.07, 6.45) is 0.865. The van der Waals surface area contributed by atoms with Gasteiger partial charge < -0.3 is 10.5 Å². The van der Waals surface area contributed by atoms with Crippen molar-refractivity contribution in [3.63, 3.8) is 0 Å². The van der Waals surface area contributed by atoms with Crippen molar-refractivity contribution in [2.45, 2.75) is 57.5 Å². The van der Waals surface area contributed by atoms with Crippen LogP contribution in [0.1, 0.15) is 41.0 Å². The van der Waals surface area contributed by atoms with E-state index in [1.807, 2.05) is 20.8 Å². The zero-order valence-corrected chi connectivity index (χ0v) is 11.9. The molecule has 0 radical (unpaired) electrons. The summed E-state index contributed by atoms with van der Waals surface area (Å²) >= 11 is 0. The van der Waals surface area contributed by atoms with Crippen LogP contribution in [-0.4, -0.2) is 33.0 Å². The summed E-state index contributed by atoms with van der Waals surface area (Å²) in [5, 5.41) is 0.122. The molecule has 1 fully saturated rings. The molecule has 16 heavy (non-hydrogen) atoms. The maximum Gasteiger partial charge on any atom is 0.0777 e. The van der Waals surface area contributed by atoms with Gasteiger partial charge in [-0.2, -0.15) is 0 Å². The zero-order chi connectivity index (χ0) is 12.6. The van der Waals surface area contributed by atoms with Crippen molar-refractivity contribution in [3.8, 4) is 0 Å². The lowest BCUT2D eigenvalue weighted by Gasteiger charge is -2.27. The number of rotatable bonds is 4. The molecule has 0 aromatic carbocycles. The summed E-state index contributed by atoms with van der Waals surface area (Å²) in [6.45, 7) is 10.9. The van der Waals surface area contributed by atoms with Crippen LogP contribution >= 0.6 is 0 Å². The van der Waals surface area contributed by atoms with Crippen LogP contribution in [0.2, 0.25) is 0 Å². The SMILES string of the molecule is CC(CN)CS(=O)C1CC(C)(C)OC1(C)C. The first-order chi connectivity index (χ1) is 7.18. The van der Waals surface area contributed by atoms with Gasteiger partial charge in [-0.05, 0) is 46.6 Å². The Labute approximate surface area is 102 Å². The summed E-state index contributed by atoms with van der Waals surface area (Å²) in [5.74, 6) is 1.00. The second kappa shape index (κ2) is 4.75. The third kappa shape index (κ3) is 3.28. The quantitative estimate of drug-likeness (QED) is 0.822. The van der Waals surface area contributed by atoms with Gasteiger partial charge in [0, 0.05) is 16.6 Å². The van der Waals surface area contributed by atoms with Crippen molar-refractivity contribution in [2.24, 2.45) is 11.7 Å². The van der Waals surface area contributed by atoms with Gasteiger partial charge in [-0.3, -0.25) is 4.21 Å². The molecule has 0 amide bonds. The van der Waals surface area contributed by atoms with Crippen molar-refractivity contribution in [2.75, 3.05) is 12.3 Å². The average molecular weight is 247 g/mol. The monoisotopic (exact) mass is 247 g/mol. The number of nitrogens with two attached hydrogens (primary N) is 1.